The molecule has 0 atom stereocenters. The van der Waals surface area contributed by atoms with Crippen molar-refractivity contribution < 1.29 is 19.1 Å². The van der Waals surface area contributed by atoms with Crippen LogP contribution in [0.4, 0.5) is 5.82 Å². The summed E-state index contributed by atoms with van der Waals surface area (Å²) in [5, 5.41) is 0.792. The van der Waals surface area contributed by atoms with Crippen LogP contribution >= 0.6 is 23.4 Å². The lowest BCUT2D eigenvalue weighted by molar-refractivity contribution is -0.131. The average molecular weight is 522 g/mol. The van der Waals surface area contributed by atoms with E-state index in [1.807, 2.05) is 30.0 Å². The van der Waals surface area contributed by atoms with Gasteiger partial charge in [0.15, 0.2) is 16.7 Å². The summed E-state index contributed by atoms with van der Waals surface area (Å²) < 4.78 is 10.6. The quantitative estimate of drug-likeness (QED) is 0.268. The molecule has 11 heteroatoms. The minimum absolute atomic E-state index is 0.0210. The summed E-state index contributed by atoms with van der Waals surface area (Å²) in [6, 6.07) is 7.47. The zero-order chi connectivity index (χ0) is 25.4. The van der Waals surface area contributed by atoms with Crippen LogP contribution in [0, 0.1) is 0 Å². The molecule has 0 unspecified atom stereocenters. The molecule has 2 amide bonds. The number of likely N-dealkylation sites (N-methyl/N-ethyl adjacent to an activating group) is 1. The first-order chi connectivity index (χ1) is 16.8. The molecule has 0 bridgehead atoms. The Morgan fingerprint density at radius 1 is 1.09 bits per heavy atom. The third kappa shape index (κ3) is 7.38. The van der Waals surface area contributed by atoms with Crippen LogP contribution in [0.5, 0.6) is 11.5 Å². The number of carbonyl (C=O) groups excluding carboxylic acids is 2. The van der Waals surface area contributed by atoms with Crippen LogP contribution in [-0.2, 0) is 16.0 Å². The highest BCUT2D eigenvalue weighted by molar-refractivity contribution is 7.99. The second-order valence-electron chi connectivity index (χ2n) is 8.10. The fourth-order valence-corrected chi connectivity index (χ4v) is 4.74. The Kier molecular flexibility index (Phi) is 9.85. The van der Waals surface area contributed by atoms with Crippen molar-refractivity contribution in [1.82, 2.24) is 19.8 Å². The smallest absolute Gasteiger partial charge is 0.232 e. The molecule has 1 saturated heterocycles. The number of piperazine rings is 1. The van der Waals surface area contributed by atoms with E-state index in [0.29, 0.717) is 73.2 Å². The highest BCUT2D eigenvalue weighted by atomic mass is 35.5. The number of benzene rings is 1. The highest BCUT2D eigenvalue weighted by Crippen LogP contribution is 2.28. The van der Waals surface area contributed by atoms with Crippen molar-refractivity contribution in [2.45, 2.75) is 24.9 Å². The lowest BCUT2D eigenvalue weighted by atomic mass is 10.1. The summed E-state index contributed by atoms with van der Waals surface area (Å²) in [5.74, 6) is 2.41. The summed E-state index contributed by atoms with van der Waals surface area (Å²) in [4.78, 5) is 39.1. The van der Waals surface area contributed by atoms with E-state index >= 15 is 0 Å². The average Bonchev–Trinajstić information content (AvgIpc) is 2.89. The maximum atomic E-state index is 12.7. The molecular formula is C24H32ClN5O4S. The summed E-state index contributed by atoms with van der Waals surface area (Å²) in [6.07, 6.45) is 1.20. The molecule has 0 saturated carbocycles. The molecule has 0 spiro atoms. The van der Waals surface area contributed by atoms with Crippen molar-refractivity contribution in [3.63, 3.8) is 0 Å². The second kappa shape index (κ2) is 12.8. The van der Waals surface area contributed by atoms with Gasteiger partial charge < -0.3 is 24.2 Å². The molecule has 0 aliphatic carbocycles. The predicted molar refractivity (Wildman–Crippen MR) is 138 cm³/mol. The molecule has 190 valence electrons. The SMILES string of the molecule is CCC(=O)N1CCN(c2cc(Cl)nc(SCC(=O)N(C)CCc3ccc(OC)c(OC)c3)n2)CC1. The first-order valence-electron chi connectivity index (χ1n) is 11.5. The highest BCUT2D eigenvalue weighted by Gasteiger charge is 2.22. The lowest BCUT2D eigenvalue weighted by Gasteiger charge is -2.35. The summed E-state index contributed by atoms with van der Waals surface area (Å²) in [7, 11) is 4.99. The number of halogens is 1. The van der Waals surface area contributed by atoms with Crippen molar-refractivity contribution in [2.75, 3.05) is 64.6 Å². The first-order valence-corrected chi connectivity index (χ1v) is 12.9. The van der Waals surface area contributed by atoms with E-state index in [-0.39, 0.29) is 17.6 Å². The van der Waals surface area contributed by atoms with Gasteiger partial charge in [0.2, 0.25) is 11.8 Å². The lowest BCUT2D eigenvalue weighted by Crippen LogP contribution is -2.48. The Balaban J connectivity index is 1.52. The van der Waals surface area contributed by atoms with Crippen LogP contribution in [0.15, 0.2) is 29.4 Å². The predicted octanol–water partition coefficient (Wildman–Crippen LogP) is 3.00. The molecule has 1 aliphatic rings. The molecule has 1 aromatic heterocycles. The molecule has 1 aromatic carbocycles. The maximum Gasteiger partial charge on any atom is 0.232 e. The molecule has 0 radical (unpaired) electrons. The Morgan fingerprint density at radius 2 is 1.80 bits per heavy atom. The number of hydrogen-bond acceptors (Lipinski definition) is 8. The van der Waals surface area contributed by atoms with Crippen molar-refractivity contribution >= 4 is 41.0 Å². The minimum atomic E-state index is -0.0210. The molecule has 1 fully saturated rings. The van der Waals surface area contributed by atoms with Gasteiger partial charge in [-0.3, -0.25) is 9.59 Å². The molecule has 2 aromatic rings. The summed E-state index contributed by atoms with van der Waals surface area (Å²) >= 11 is 7.51. The number of anilines is 1. The molecule has 35 heavy (non-hydrogen) atoms. The van der Waals surface area contributed by atoms with Gasteiger partial charge in [0.1, 0.15) is 11.0 Å². The minimum Gasteiger partial charge on any atom is -0.493 e. The van der Waals surface area contributed by atoms with Gasteiger partial charge in [0.25, 0.3) is 0 Å². The van der Waals surface area contributed by atoms with E-state index < -0.39 is 0 Å². The molecular weight excluding hydrogens is 490 g/mol. The fourth-order valence-electron chi connectivity index (χ4n) is 3.71. The van der Waals surface area contributed by atoms with Gasteiger partial charge in [-0.25, -0.2) is 9.97 Å². The van der Waals surface area contributed by atoms with Crippen LogP contribution in [0.1, 0.15) is 18.9 Å². The van der Waals surface area contributed by atoms with Crippen LogP contribution in [0.3, 0.4) is 0 Å². The van der Waals surface area contributed by atoms with Gasteiger partial charge in [-0.05, 0) is 24.1 Å². The molecule has 1 aliphatic heterocycles. The number of hydrogen-bond donors (Lipinski definition) is 0. The Bertz CT molecular complexity index is 1030. The van der Waals surface area contributed by atoms with E-state index in [2.05, 4.69) is 14.9 Å². The van der Waals surface area contributed by atoms with Gasteiger partial charge in [-0.1, -0.05) is 36.4 Å². The number of methoxy groups -OCH3 is 2. The van der Waals surface area contributed by atoms with Gasteiger partial charge >= 0.3 is 0 Å². The summed E-state index contributed by atoms with van der Waals surface area (Å²) in [5.41, 5.74) is 1.05. The molecule has 2 heterocycles. The monoisotopic (exact) mass is 521 g/mol. The normalized spacial score (nSPS) is 13.5. The first kappa shape index (κ1) is 26.9. The Labute approximate surface area is 215 Å². The van der Waals surface area contributed by atoms with Crippen LogP contribution in [-0.4, -0.2) is 91.3 Å². The third-order valence-corrected chi connectivity index (χ3v) is 6.88. The van der Waals surface area contributed by atoms with E-state index in [9.17, 15) is 9.59 Å². The topological polar surface area (TPSA) is 88.1 Å². The second-order valence-corrected chi connectivity index (χ2v) is 9.43. The largest absolute Gasteiger partial charge is 0.493 e. The van der Waals surface area contributed by atoms with Crippen LogP contribution in [0.2, 0.25) is 5.15 Å². The van der Waals surface area contributed by atoms with Gasteiger partial charge in [-0.2, -0.15) is 0 Å². The van der Waals surface area contributed by atoms with Gasteiger partial charge in [0, 0.05) is 52.3 Å². The number of carbonyl (C=O) groups is 2. The number of nitrogens with zero attached hydrogens (tertiary/aromatic N) is 5. The number of rotatable bonds is 10. The van der Waals surface area contributed by atoms with Crippen molar-refractivity contribution in [3.8, 4) is 11.5 Å². The van der Waals surface area contributed by atoms with Gasteiger partial charge in [0.05, 0.1) is 20.0 Å². The zero-order valence-corrected chi connectivity index (χ0v) is 22.2. The fraction of sp³-hybridized carbons (Fsp3) is 0.500. The molecule has 9 nitrogen and oxygen atoms in total. The standard InChI is InChI=1S/C24H32ClN5O4S/c1-5-22(31)30-12-10-29(11-13-30)21-15-20(25)26-24(27-21)35-16-23(32)28(2)9-8-17-6-7-18(33-3)19(14-17)34-4/h6-7,14-15H,5,8-13,16H2,1-4H3. The van der Waals surface area contributed by atoms with Gasteiger partial charge in [-0.15, -0.1) is 0 Å². The van der Waals surface area contributed by atoms with Crippen molar-refractivity contribution in [1.29, 1.82) is 0 Å². The molecule has 3 rings (SSSR count). The Hall–Kier alpha value is -2.72. The van der Waals surface area contributed by atoms with E-state index in [4.69, 9.17) is 21.1 Å². The van der Waals surface area contributed by atoms with Crippen molar-refractivity contribution in [2.24, 2.45) is 0 Å². The van der Waals surface area contributed by atoms with E-state index in [1.54, 1.807) is 32.2 Å². The van der Waals surface area contributed by atoms with Crippen LogP contribution in [0.25, 0.3) is 0 Å². The van der Waals surface area contributed by atoms with Crippen molar-refractivity contribution in [3.05, 3.63) is 35.0 Å². The van der Waals surface area contributed by atoms with Crippen LogP contribution < -0.4 is 14.4 Å². The number of thioether (sulfide) groups is 1. The summed E-state index contributed by atoms with van der Waals surface area (Å²) in [6.45, 7) is 5.11. The maximum absolute atomic E-state index is 12.7. The number of aromatic nitrogens is 2. The zero-order valence-electron chi connectivity index (χ0n) is 20.6. The van der Waals surface area contributed by atoms with E-state index in [1.165, 1.54) is 11.8 Å². The Morgan fingerprint density at radius 3 is 2.46 bits per heavy atom. The van der Waals surface area contributed by atoms with E-state index in [0.717, 1.165) is 5.56 Å². The third-order valence-electron chi connectivity index (χ3n) is 5.85. The number of ether oxygens (including phenoxy) is 2. The number of amides is 2. The molecule has 0 N–H and O–H groups in total.